The van der Waals surface area contributed by atoms with E-state index < -0.39 is 23.8 Å². The van der Waals surface area contributed by atoms with Gasteiger partial charge in [-0.2, -0.15) is 0 Å². The molecule has 2 aromatic rings. The Morgan fingerprint density at radius 1 is 0.957 bits per heavy atom. The van der Waals surface area contributed by atoms with E-state index >= 15 is 0 Å². The van der Waals surface area contributed by atoms with Crippen molar-refractivity contribution in [3.05, 3.63) is 65.7 Å². The van der Waals surface area contributed by atoms with Crippen LogP contribution < -0.4 is 10.2 Å². The number of urea groups is 1. The van der Waals surface area contributed by atoms with Crippen molar-refractivity contribution in [3.63, 3.8) is 0 Å². The largest absolute Gasteiger partial charge is 0.335 e. The fraction of sp³-hybridized carbons (Fsp3) is 0.167. The molecule has 0 radical (unpaired) electrons. The van der Waals surface area contributed by atoms with Crippen molar-refractivity contribution in [1.29, 1.82) is 0 Å². The van der Waals surface area contributed by atoms with Crippen molar-refractivity contribution in [2.24, 2.45) is 5.92 Å². The maximum absolute atomic E-state index is 12.7. The Morgan fingerprint density at radius 2 is 1.61 bits per heavy atom. The lowest BCUT2D eigenvalue weighted by Gasteiger charge is -2.30. The number of benzene rings is 2. The molecule has 3 rings (SSSR count). The standard InChI is InChI=1S/C18H16N2O3/c1-12-7-9-13(10-8-12)11-15-16(21)19-18(23)20(17(15)22)14-5-3-2-4-6-14/h2-10,15H,11H2,1H3,(H,19,21,23). The van der Waals surface area contributed by atoms with Gasteiger partial charge in [-0.15, -0.1) is 0 Å². The Bertz CT molecular complexity index is 754. The second kappa shape index (κ2) is 6.04. The molecule has 1 fully saturated rings. The number of barbiturate groups is 1. The van der Waals surface area contributed by atoms with E-state index in [1.54, 1.807) is 30.3 Å². The molecule has 5 heteroatoms. The molecule has 0 aliphatic carbocycles. The fourth-order valence-corrected chi connectivity index (χ4v) is 2.58. The number of para-hydroxylation sites is 1. The van der Waals surface area contributed by atoms with Crippen LogP contribution in [0.3, 0.4) is 0 Å². The minimum atomic E-state index is -0.907. The highest BCUT2D eigenvalue weighted by Crippen LogP contribution is 2.22. The molecular formula is C18H16N2O3. The summed E-state index contributed by atoms with van der Waals surface area (Å²) in [5, 5.41) is 2.27. The first kappa shape index (κ1) is 15.0. The normalized spacial score (nSPS) is 18.0. The fourth-order valence-electron chi connectivity index (χ4n) is 2.58. The number of amides is 4. The van der Waals surface area contributed by atoms with E-state index in [0.717, 1.165) is 16.0 Å². The minimum absolute atomic E-state index is 0.265. The molecular weight excluding hydrogens is 292 g/mol. The number of imide groups is 2. The molecule has 1 N–H and O–H groups in total. The average molecular weight is 308 g/mol. The van der Waals surface area contributed by atoms with Gasteiger partial charge >= 0.3 is 6.03 Å². The molecule has 0 aromatic heterocycles. The quantitative estimate of drug-likeness (QED) is 0.886. The zero-order valence-corrected chi connectivity index (χ0v) is 12.7. The topological polar surface area (TPSA) is 66.5 Å². The Labute approximate surface area is 133 Å². The third kappa shape index (κ3) is 2.99. The van der Waals surface area contributed by atoms with Crippen molar-refractivity contribution in [1.82, 2.24) is 5.32 Å². The zero-order valence-electron chi connectivity index (χ0n) is 12.7. The van der Waals surface area contributed by atoms with Gasteiger partial charge in [0.2, 0.25) is 11.8 Å². The van der Waals surface area contributed by atoms with Crippen molar-refractivity contribution >= 4 is 23.5 Å². The van der Waals surface area contributed by atoms with Crippen LogP contribution in [0.4, 0.5) is 10.5 Å². The molecule has 4 amide bonds. The lowest BCUT2D eigenvalue weighted by Crippen LogP contribution is -2.58. The summed E-state index contributed by atoms with van der Waals surface area (Å²) in [7, 11) is 0. The lowest BCUT2D eigenvalue weighted by molar-refractivity contribution is -0.134. The number of nitrogens with zero attached hydrogens (tertiary/aromatic N) is 1. The van der Waals surface area contributed by atoms with Crippen LogP contribution in [-0.2, 0) is 16.0 Å². The number of anilines is 1. The van der Waals surface area contributed by atoms with Crippen LogP contribution >= 0.6 is 0 Å². The predicted octanol–water partition coefficient (Wildman–Crippen LogP) is 2.44. The lowest BCUT2D eigenvalue weighted by atomic mass is 9.95. The average Bonchev–Trinajstić information content (AvgIpc) is 2.54. The van der Waals surface area contributed by atoms with Crippen molar-refractivity contribution in [2.75, 3.05) is 4.90 Å². The number of carbonyl (C=O) groups is 3. The summed E-state index contributed by atoms with van der Waals surface area (Å²) in [4.78, 5) is 37.8. The Balaban J connectivity index is 1.88. The van der Waals surface area contributed by atoms with Crippen LogP contribution in [0.2, 0.25) is 0 Å². The first-order valence-electron chi connectivity index (χ1n) is 7.35. The highest BCUT2D eigenvalue weighted by Gasteiger charge is 2.41. The van der Waals surface area contributed by atoms with Gasteiger partial charge in [0, 0.05) is 0 Å². The molecule has 1 unspecified atom stereocenters. The highest BCUT2D eigenvalue weighted by atomic mass is 16.2. The second-order valence-corrected chi connectivity index (χ2v) is 5.55. The first-order chi connectivity index (χ1) is 11.1. The van der Waals surface area contributed by atoms with E-state index in [1.807, 2.05) is 31.2 Å². The van der Waals surface area contributed by atoms with Crippen LogP contribution in [0.1, 0.15) is 11.1 Å². The Hall–Kier alpha value is -2.95. The summed E-state index contributed by atoms with van der Waals surface area (Å²) in [6, 6.07) is 15.5. The van der Waals surface area contributed by atoms with Crippen LogP contribution in [0.25, 0.3) is 0 Å². The smallest absolute Gasteiger partial charge is 0.277 e. The third-order valence-electron chi connectivity index (χ3n) is 3.84. The minimum Gasteiger partial charge on any atom is -0.277 e. The molecule has 1 heterocycles. The van der Waals surface area contributed by atoms with Gasteiger partial charge in [-0.3, -0.25) is 14.9 Å². The molecule has 0 spiro atoms. The summed E-state index contributed by atoms with van der Waals surface area (Å²) in [5.74, 6) is -1.95. The van der Waals surface area contributed by atoms with E-state index in [4.69, 9.17) is 0 Å². The van der Waals surface area contributed by atoms with Gasteiger partial charge in [-0.25, -0.2) is 9.69 Å². The van der Waals surface area contributed by atoms with Gasteiger partial charge in [-0.05, 0) is 31.0 Å². The summed E-state index contributed by atoms with van der Waals surface area (Å²) in [6.07, 6.45) is 0.265. The summed E-state index contributed by atoms with van der Waals surface area (Å²) in [5.41, 5.74) is 2.44. The molecule has 1 atom stereocenters. The molecule has 1 aliphatic rings. The van der Waals surface area contributed by atoms with E-state index in [2.05, 4.69) is 5.32 Å². The number of hydrogen-bond donors (Lipinski definition) is 1. The van der Waals surface area contributed by atoms with E-state index in [9.17, 15) is 14.4 Å². The van der Waals surface area contributed by atoms with Gasteiger partial charge in [0.15, 0.2) is 0 Å². The molecule has 1 aliphatic heterocycles. The van der Waals surface area contributed by atoms with E-state index in [-0.39, 0.29) is 6.42 Å². The van der Waals surface area contributed by atoms with Crippen LogP contribution in [0.15, 0.2) is 54.6 Å². The number of aryl methyl sites for hydroxylation is 1. The monoisotopic (exact) mass is 308 g/mol. The maximum Gasteiger partial charge on any atom is 0.335 e. The van der Waals surface area contributed by atoms with Crippen LogP contribution in [0, 0.1) is 12.8 Å². The highest BCUT2D eigenvalue weighted by molar-refractivity contribution is 6.27. The SMILES string of the molecule is Cc1ccc(CC2C(=O)NC(=O)N(c3ccccc3)C2=O)cc1. The number of nitrogens with one attached hydrogen (secondary N) is 1. The summed E-state index contributed by atoms with van der Waals surface area (Å²) < 4.78 is 0. The molecule has 116 valence electrons. The zero-order chi connectivity index (χ0) is 16.4. The molecule has 1 saturated heterocycles. The number of carbonyl (C=O) groups excluding carboxylic acids is 3. The van der Waals surface area contributed by atoms with Gasteiger partial charge in [-0.1, -0.05) is 48.0 Å². The Kier molecular flexibility index (Phi) is 3.93. The van der Waals surface area contributed by atoms with Gasteiger partial charge in [0.1, 0.15) is 5.92 Å². The van der Waals surface area contributed by atoms with Crippen molar-refractivity contribution in [3.8, 4) is 0 Å². The maximum atomic E-state index is 12.7. The molecule has 0 bridgehead atoms. The molecule has 2 aromatic carbocycles. The molecule has 0 saturated carbocycles. The number of rotatable bonds is 3. The summed E-state index contributed by atoms with van der Waals surface area (Å²) in [6.45, 7) is 1.97. The van der Waals surface area contributed by atoms with Gasteiger partial charge in [0.05, 0.1) is 5.69 Å². The third-order valence-corrected chi connectivity index (χ3v) is 3.84. The van der Waals surface area contributed by atoms with Gasteiger partial charge < -0.3 is 0 Å². The molecule has 23 heavy (non-hydrogen) atoms. The first-order valence-corrected chi connectivity index (χ1v) is 7.35. The predicted molar refractivity (Wildman–Crippen MR) is 85.8 cm³/mol. The van der Waals surface area contributed by atoms with Crippen molar-refractivity contribution in [2.45, 2.75) is 13.3 Å². The number of hydrogen-bond acceptors (Lipinski definition) is 3. The van der Waals surface area contributed by atoms with E-state index in [0.29, 0.717) is 5.69 Å². The summed E-state index contributed by atoms with van der Waals surface area (Å²) >= 11 is 0. The second-order valence-electron chi connectivity index (χ2n) is 5.55. The van der Waals surface area contributed by atoms with Crippen molar-refractivity contribution < 1.29 is 14.4 Å². The molecule has 5 nitrogen and oxygen atoms in total. The van der Waals surface area contributed by atoms with E-state index in [1.165, 1.54) is 0 Å². The van der Waals surface area contributed by atoms with Gasteiger partial charge in [0.25, 0.3) is 0 Å². The Morgan fingerprint density at radius 3 is 2.26 bits per heavy atom. The van der Waals surface area contributed by atoms with Crippen LogP contribution in [0.5, 0.6) is 0 Å². The van der Waals surface area contributed by atoms with Crippen LogP contribution in [-0.4, -0.2) is 17.8 Å².